The highest BCUT2D eigenvalue weighted by molar-refractivity contribution is 6.30. The summed E-state index contributed by atoms with van der Waals surface area (Å²) in [5.74, 6) is -0.754. The van der Waals surface area contributed by atoms with Crippen molar-refractivity contribution in [2.45, 2.75) is 20.8 Å². The summed E-state index contributed by atoms with van der Waals surface area (Å²) >= 11 is 5.74. The van der Waals surface area contributed by atoms with Gasteiger partial charge in [0.05, 0.1) is 5.92 Å². The van der Waals surface area contributed by atoms with Gasteiger partial charge in [0.2, 0.25) is 0 Å². The second-order valence-electron chi connectivity index (χ2n) is 4.20. The molecule has 86 valence electrons. The fraction of sp³-hybridized carbons (Fsp3) is 0.385. The number of rotatable bonds is 4. The summed E-state index contributed by atoms with van der Waals surface area (Å²) in [6.45, 7) is 5.21. The first kappa shape index (κ1) is 12.9. The second kappa shape index (κ2) is 5.26. The van der Waals surface area contributed by atoms with Crippen LogP contribution in [0, 0.1) is 11.8 Å². The van der Waals surface area contributed by atoms with E-state index < -0.39 is 5.92 Å². The smallest absolute Gasteiger partial charge is 0.173 e. The molecular formula is C13H15ClO2. The molecule has 0 spiro atoms. The van der Waals surface area contributed by atoms with E-state index in [0.29, 0.717) is 10.6 Å². The Kier molecular flexibility index (Phi) is 4.25. The molecule has 0 heterocycles. The Morgan fingerprint density at radius 2 is 1.62 bits per heavy atom. The van der Waals surface area contributed by atoms with Crippen LogP contribution in [0.25, 0.3) is 0 Å². The Bertz CT molecular complexity index is 393. The van der Waals surface area contributed by atoms with Gasteiger partial charge in [-0.15, -0.1) is 0 Å². The average Bonchev–Trinajstić information content (AvgIpc) is 2.17. The second-order valence-corrected chi connectivity index (χ2v) is 4.64. The molecule has 0 bridgehead atoms. The SMILES string of the molecule is CC(=O)C(C(=O)c1ccc(Cl)cc1)C(C)C. The molecule has 1 aromatic rings. The minimum absolute atomic E-state index is 0.0145. The van der Waals surface area contributed by atoms with Gasteiger partial charge in [0.15, 0.2) is 5.78 Å². The van der Waals surface area contributed by atoms with Crippen molar-refractivity contribution in [3.8, 4) is 0 Å². The third-order valence-corrected chi connectivity index (χ3v) is 2.77. The summed E-state index contributed by atoms with van der Waals surface area (Å²) in [6.07, 6.45) is 0. The Morgan fingerprint density at radius 3 is 2.00 bits per heavy atom. The molecule has 1 rings (SSSR count). The number of Topliss-reactive ketones (excluding diaryl/α,β-unsaturated/α-hetero) is 2. The summed E-state index contributed by atoms with van der Waals surface area (Å²) in [7, 11) is 0. The maximum atomic E-state index is 12.1. The zero-order chi connectivity index (χ0) is 12.3. The molecule has 2 nitrogen and oxygen atoms in total. The quantitative estimate of drug-likeness (QED) is 0.595. The van der Waals surface area contributed by atoms with Crippen molar-refractivity contribution in [2.75, 3.05) is 0 Å². The van der Waals surface area contributed by atoms with Crippen molar-refractivity contribution in [1.29, 1.82) is 0 Å². The van der Waals surface area contributed by atoms with E-state index in [1.807, 2.05) is 13.8 Å². The molecule has 0 fully saturated rings. The number of hydrogen-bond donors (Lipinski definition) is 0. The number of halogens is 1. The summed E-state index contributed by atoms with van der Waals surface area (Å²) in [4.78, 5) is 23.5. The van der Waals surface area contributed by atoms with Gasteiger partial charge in [-0.3, -0.25) is 9.59 Å². The van der Waals surface area contributed by atoms with E-state index in [-0.39, 0.29) is 17.5 Å². The summed E-state index contributed by atoms with van der Waals surface area (Å²) < 4.78 is 0. The van der Waals surface area contributed by atoms with Crippen LogP contribution in [0.1, 0.15) is 31.1 Å². The van der Waals surface area contributed by atoms with Crippen molar-refractivity contribution < 1.29 is 9.59 Å². The van der Waals surface area contributed by atoms with Gasteiger partial charge in [-0.2, -0.15) is 0 Å². The van der Waals surface area contributed by atoms with E-state index in [0.717, 1.165) is 0 Å². The van der Waals surface area contributed by atoms with Gasteiger partial charge >= 0.3 is 0 Å². The number of carbonyl (C=O) groups is 2. The van der Waals surface area contributed by atoms with Crippen LogP contribution < -0.4 is 0 Å². The lowest BCUT2D eigenvalue weighted by atomic mass is 9.85. The minimum Gasteiger partial charge on any atom is -0.299 e. The van der Waals surface area contributed by atoms with Crippen LogP contribution >= 0.6 is 11.6 Å². The molecule has 0 N–H and O–H groups in total. The van der Waals surface area contributed by atoms with E-state index >= 15 is 0 Å². The molecule has 1 aromatic carbocycles. The lowest BCUT2D eigenvalue weighted by molar-refractivity contribution is -0.120. The van der Waals surface area contributed by atoms with E-state index in [2.05, 4.69) is 0 Å². The van der Waals surface area contributed by atoms with Gasteiger partial charge in [-0.25, -0.2) is 0 Å². The molecule has 0 aliphatic carbocycles. The van der Waals surface area contributed by atoms with Crippen molar-refractivity contribution in [2.24, 2.45) is 11.8 Å². The maximum Gasteiger partial charge on any atom is 0.173 e. The van der Waals surface area contributed by atoms with Crippen LogP contribution in [0.2, 0.25) is 5.02 Å². The minimum atomic E-state index is -0.554. The van der Waals surface area contributed by atoms with Crippen LogP contribution in [0.4, 0.5) is 0 Å². The highest BCUT2D eigenvalue weighted by Crippen LogP contribution is 2.19. The van der Waals surface area contributed by atoms with Gasteiger partial charge < -0.3 is 0 Å². The highest BCUT2D eigenvalue weighted by Gasteiger charge is 2.27. The number of carbonyl (C=O) groups excluding carboxylic acids is 2. The maximum absolute atomic E-state index is 12.1. The van der Waals surface area contributed by atoms with Gasteiger partial charge in [0.1, 0.15) is 5.78 Å². The molecule has 0 aromatic heterocycles. The van der Waals surface area contributed by atoms with E-state index in [9.17, 15) is 9.59 Å². The monoisotopic (exact) mass is 238 g/mol. The molecule has 0 amide bonds. The van der Waals surface area contributed by atoms with Crippen LogP contribution in [-0.4, -0.2) is 11.6 Å². The molecule has 0 saturated heterocycles. The molecule has 16 heavy (non-hydrogen) atoms. The Balaban J connectivity index is 2.99. The predicted octanol–water partition coefficient (Wildman–Crippen LogP) is 3.38. The Morgan fingerprint density at radius 1 is 1.12 bits per heavy atom. The number of ketones is 2. The molecule has 0 saturated carbocycles. The topological polar surface area (TPSA) is 34.1 Å². The van der Waals surface area contributed by atoms with E-state index in [1.165, 1.54) is 6.92 Å². The van der Waals surface area contributed by atoms with E-state index in [1.54, 1.807) is 24.3 Å². The number of benzene rings is 1. The van der Waals surface area contributed by atoms with Gasteiger partial charge in [-0.1, -0.05) is 25.4 Å². The first-order chi connectivity index (χ1) is 7.43. The fourth-order valence-electron chi connectivity index (χ4n) is 1.75. The summed E-state index contributed by atoms with van der Waals surface area (Å²) in [5.41, 5.74) is 0.540. The normalized spacial score (nSPS) is 12.6. The van der Waals surface area contributed by atoms with Crippen molar-refractivity contribution in [3.05, 3.63) is 34.9 Å². The third-order valence-electron chi connectivity index (χ3n) is 2.52. The summed E-state index contributed by atoms with van der Waals surface area (Å²) in [6, 6.07) is 6.63. The van der Waals surface area contributed by atoms with Crippen molar-refractivity contribution >= 4 is 23.2 Å². The first-order valence-corrected chi connectivity index (χ1v) is 5.61. The van der Waals surface area contributed by atoms with Gasteiger partial charge in [0, 0.05) is 10.6 Å². The van der Waals surface area contributed by atoms with Gasteiger partial charge in [-0.05, 0) is 37.1 Å². The lowest BCUT2D eigenvalue weighted by Gasteiger charge is -2.16. The van der Waals surface area contributed by atoms with Crippen LogP contribution in [0.3, 0.4) is 0 Å². The molecule has 3 heteroatoms. The zero-order valence-electron chi connectivity index (χ0n) is 9.66. The van der Waals surface area contributed by atoms with Gasteiger partial charge in [0.25, 0.3) is 0 Å². The largest absolute Gasteiger partial charge is 0.299 e. The first-order valence-electron chi connectivity index (χ1n) is 5.23. The summed E-state index contributed by atoms with van der Waals surface area (Å²) in [5, 5.41) is 0.584. The van der Waals surface area contributed by atoms with Crippen LogP contribution in [-0.2, 0) is 4.79 Å². The predicted molar refractivity (Wildman–Crippen MR) is 64.8 cm³/mol. The van der Waals surface area contributed by atoms with Crippen molar-refractivity contribution in [3.63, 3.8) is 0 Å². The lowest BCUT2D eigenvalue weighted by Crippen LogP contribution is -2.27. The molecular weight excluding hydrogens is 224 g/mol. The molecule has 0 radical (unpaired) electrons. The zero-order valence-corrected chi connectivity index (χ0v) is 10.4. The molecule has 0 aliphatic rings. The number of hydrogen-bond acceptors (Lipinski definition) is 2. The average molecular weight is 239 g/mol. The highest BCUT2D eigenvalue weighted by atomic mass is 35.5. The van der Waals surface area contributed by atoms with E-state index in [4.69, 9.17) is 11.6 Å². The van der Waals surface area contributed by atoms with Crippen molar-refractivity contribution in [1.82, 2.24) is 0 Å². The standard InChI is InChI=1S/C13H15ClO2/c1-8(2)12(9(3)15)13(16)10-4-6-11(14)7-5-10/h4-8,12H,1-3H3. The molecule has 1 unspecified atom stereocenters. The Labute approximate surface area is 101 Å². The Hall–Kier alpha value is -1.15. The van der Waals surface area contributed by atoms with Crippen LogP contribution in [0.15, 0.2) is 24.3 Å². The van der Waals surface area contributed by atoms with Crippen LogP contribution in [0.5, 0.6) is 0 Å². The molecule has 1 atom stereocenters. The fourth-order valence-corrected chi connectivity index (χ4v) is 1.88. The molecule has 0 aliphatic heterocycles. The third kappa shape index (κ3) is 2.92.